The van der Waals surface area contributed by atoms with Gasteiger partial charge in [-0.25, -0.2) is 4.39 Å². The Morgan fingerprint density at radius 2 is 2.14 bits per heavy atom. The Hall–Kier alpha value is -1.97. The average Bonchev–Trinajstić information content (AvgIpc) is 2.87. The largest absolute Gasteiger partial charge is 0.370 e. The Labute approximate surface area is 133 Å². The molecule has 8 heteroatoms. The summed E-state index contributed by atoms with van der Waals surface area (Å²) in [5, 5.41) is 6.63. The molecule has 1 heterocycles. The summed E-state index contributed by atoms with van der Waals surface area (Å²) in [6.45, 7) is 0.337. The number of rotatable bonds is 5. The van der Waals surface area contributed by atoms with Gasteiger partial charge in [-0.05, 0) is 40.8 Å². The number of aromatic nitrogens is 2. The van der Waals surface area contributed by atoms with Gasteiger partial charge >= 0.3 is 0 Å². The summed E-state index contributed by atoms with van der Waals surface area (Å²) in [4.78, 5) is 22.6. The van der Waals surface area contributed by atoms with Crippen LogP contribution in [0.2, 0.25) is 0 Å². The molecule has 110 valence electrons. The van der Waals surface area contributed by atoms with Crippen LogP contribution in [0.1, 0.15) is 16.8 Å². The van der Waals surface area contributed by atoms with Crippen molar-refractivity contribution in [2.45, 2.75) is 13.0 Å². The molecule has 0 bridgehead atoms. The Kier molecular flexibility index (Phi) is 4.89. The smallest absolute Gasteiger partial charge is 0.256 e. The van der Waals surface area contributed by atoms with Gasteiger partial charge in [0, 0.05) is 34.4 Å². The highest BCUT2D eigenvalue weighted by Gasteiger charge is 2.10. The van der Waals surface area contributed by atoms with E-state index in [9.17, 15) is 14.0 Å². The number of nitrogens with zero attached hydrogens (tertiary/aromatic N) is 2. The number of benzene rings is 1. The van der Waals surface area contributed by atoms with E-state index in [0.29, 0.717) is 15.9 Å². The summed E-state index contributed by atoms with van der Waals surface area (Å²) in [5.74, 6) is -1.01. The van der Waals surface area contributed by atoms with Crippen molar-refractivity contribution in [3.05, 3.63) is 45.4 Å². The van der Waals surface area contributed by atoms with Gasteiger partial charge in [-0.1, -0.05) is 0 Å². The van der Waals surface area contributed by atoms with Gasteiger partial charge in [-0.3, -0.25) is 14.3 Å². The van der Waals surface area contributed by atoms with E-state index in [2.05, 4.69) is 10.4 Å². The first-order chi connectivity index (χ1) is 9.95. The minimum atomic E-state index is -0.453. The molecule has 1 aromatic carbocycles. The Morgan fingerprint density at radius 3 is 2.81 bits per heavy atom. The highest BCUT2D eigenvalue weighted by atomic mass is 127. The third-order valence-electron chi connectivity index (χ3n) is 2.65. The lowest BCUT2D eigenvalue weighted by atomic mass is 10.2. The van der Waals surface area contributed by atoms with Crippen LogP contribution in [0.15, 0.2) is 30.5 Å². The maximum Gasteiger partial charge on any atom is 0.256 e. The fourth-order valence-corrected chi connectivity index (χ4v) is 1.94. The third-order valence-corrected chi connectivity index (χ3v) is 3.53. The quantitative estimate of drug-likeness (QED) is 0.747. The zero-order chi connectivity index (χ0) is 15.4. The zero-order valence-electron chi connectivity index (χ0n) is 10.8. The molecule has 0 radical (unpaired) electrons. The fraction of sp³-hybridized carbons (Fsp3) is 0.154. The van der Waals surface area contributed by atoms with Gasteiger partial charge in [0.05, 0.1) is 0 Å². The number of anilines is 1. The van der Waals surface area contributed by atoms with E-state index in [1.165, 1.54) is 22.9 Å². The van der Waals surface area contributed by atoms with E-state index in [-0.39, 0.29) is 12.0 Å². The molecule has 0 spiro atoms. The van der Waals surface area contributed by atoms with E-state index in [1.54, 1.807) is 12.3 Å². The van der Waals surface area contributed by atoms with Crippen molar-refractivity contribution in [2.75, 3.05) is 5.32 Å². The van der Waals surface area contributed by atoms with E-state index in [0.717, 1.165) is 0 Å². The molecule has 21 heavy (non-hydrogen) atoms. The number of primary amides is 1. The van der Waals surface area contributed by atoms with Gasteiger partial charge in [0.15, 0.2) is 5.82 Å². The molecular formula is C13H12FIN4O2. The molecule has 0 saturated heterocycles. The Balaban J connectivity index is 2.02. The second-order valence-electron chi connectivity index (χ2n) is 4.26. The predicted molar refractivity (Wildman–Crippen MR) is 83.1 cm³/mol. The summed E-state index contributed by atoms with van der Waals surface area (Å²) in [6.07, 6.45) is 1.78. The minimum Gasteiger partial charge on any atom is -0.370 e. The van der Waals surface area contributed by atoms with Crippen LogP contribution in [0.25, 0.3) is 0 Å². The molecule has 2 aromatic rings. The summed E-state index contributed by atoms with van der Waals surface area (Å²) < 4.78 is 15.3. The van der Waals surface area contributed by atoms with Crippen molar-refractivity contribution in [2.24, 2.45) is 5.73 Å². The number of carbonyl (C=O) groups is 2. The minimum absolute atomic E-state index is 0.164. The van der Waals surface area contributed by atoms with Gasteiger partial charge in [-0.15, -0.1) is 0 Å². The average molecular weight is 402 g/mol. The normalized spacial score (nSPS) is 10.4. The van der Waals surface area contributed by atoms with Crippen LogP contribution in [-0.4, -0.2) is 21.6 Å². The molecular weight excluding hydrogens is 390 g/mol. The number of halogens is 2. The maximum atomic E-state index is 13.4. The Morgan fingerprint density at radius 1 is 1.38 bits per heavy atom. The SMILES string of the molecule is NC(=O)CCn1ccc(NC(=O)c2ccc(I)c(F)c2)n1. The van der Waals surface area contributed by atoms with Crippen LogP contribution < -0.4 is 11.1 Å². The molecule has 0 fully saturated rings. The van der Waals surface area contributed by atoms with Crippen molar-refractivity contribution in [3.8, 4) is 0 Å². The Bertz CT molecular complexity index is 687. The number of amides is 2. The molecule has 1 aromatic heterocycles. The highest BCUT2D eigenvalue weighted by molar-refractivity contribution is 14.1. The molecule has 0 unspecified atom stereocenters. The molecule has 0 aliphatic rings. The summed E-state index contributed by atoms with van der Waals surface area (Å²) in [5.41, 5.74) is 5.25. The van der Waals surface area contributed by atoms with Crippen LogP contribution >= 0.6 is 22.6 Å². The van der Waals surface area contributed by atoms with Crippen molar-refractivity contribution >= 4 is 40.2 Å². The van der Waals surface area contributed by atoms with Crippen molar-refractivity contribution in [1.82, 2.24) is 9.78 Å². The summed E-state index contributed by atoms with van der Waals surface area (Å²) >= 11 is 1.85. The molecule has 0 aliphatic carbocycles. The molecule has 0 aliphatic heterocycles. The van der Waals surface area contributed by atoms with Crippen molar-refractivity contribution in [1.29, 1.82) is 0 Å². The van der Waals surface area contributed by atoms with Gasteiger partial charge in [0.2, 0.25) is 5.91 Å². The van der Waals surface area contributed by atoms with Crippen LogP contribution in [0, 0.1) is 9.39 Å². The molecule has 0 atom stereocenters. The topological polar surface area (TPSA) is 90.0 Å². The number of hydrogen-bond acceptors (Lipinski definition) is 3. The first-order valence-corrected chi connectivity index (χ1v) is 7.12. The molecule has 2 amide bonds. The van der Waals surface area contributed by atoms with Gasteiger partial charge in [-0.2, -0.15) is 5.10 Å². The van der Waals surface area contributed by atoms with Crippen LogP contribution in [-0.2, 0) is 11.3 Å². The van der Waals surface area contributed by atoms with E-state index >= 15 is 0 Å². The van der Waals surface area contributed by atoms with Crippen LogP contribution in [0.4, 0.5) is 10.2 Å². The van der Waals surface area contributed by atoms with Crippen molar-refractivity contribution in [3.63, 3.8) is 0 Å². The monoisotopic (exact) mass is 402 g/mol. The lowest BCUT2D eigenvalue weighted by molar-refractivity contribution is -0.118. The third kappa shape index (κ3) is 4.25. The maximum absolute atomic E-state index is 13.4. The van der Waals surface area contributed by atoms with Crippen molar-refractivity contribution < 1.29 is 14.0 Å². The van der Waals surface area contributed by atoms with Gasteiger partial charge in [0.1, 0.15) is 5.82 Å². The van der Waals surface area contributed by atoms with E-state index in [1.807, 2.05) is 22.6 Å². The number of carbonyl (C=O) groups excluding carboxylic acids is 2. The van der Waals surface area contributed by atoms with E-state index in [4.69, 9.17) is 5.73 Å². The number of nitrogens with two attached hydrogens (primary N) is 1. The first-order valence-electron chi connectivity index (χ1n) is 6.04. The zero-order valence-corrected chi connectivity index (χ0v) is 13.0. The second kappa shape index (κ2) is 6.66. The summed E-state index contributed by atoms with van der Waals surface area (Å²) in [6, 6.07) is 5.81. The lowest BCUT2D eigenvalue weighted by Gasteiger charge is -2.03. The van der Waals surface area contributed by atoms with E-state index < -0.39 is 17.6 Å². The first kappa shape index (κ1) is 15.4. The van der Waals surface area contributed by atoms with Gasteiger partial charge < -0.3 is 11.1 Å². The molecule has 0 saturated carbocycles. The number of hydrogen-bond donors (Lipinski definition) is 2. The number of nitrogens with one attached hydrogen (secondary N) is 1. The van der Waals surface area contributed by atoms with Crippen LogP contribution in [0.3, 0.4) is 0 Å². The standard InChI is InChI=1S/C13H12FIN4O2/c14-9-7-8(1-2-10(9)15)13(21)17-12-4-6-19(18-12)5-3-11(16)20/h1-2,4,6-7H,3,5H2,(H2,16,20)(H,17,18,21). The molecule has 2 rings (SSSR count). The lowest BCUT2D eigenvalue weighted by Crippen LogP contribution is -2.15. The fourth-order valence-electron chi connectivity index (χ4n) is 1.60. The highest BCUT2D eigenvalue weighted by Crippen LogP contribution is 2.14. The summed E-state index contributed by atoms with van der Waals surface area (Å²) in [7, 11) is 0. The van der Waals surface area contributed by atoms with Crippen LogP contribution in [0.5, 0.6) is 0 Å². The molecule has 6 nitrogen and oxygen atoms in total. The number of aryl methyl sites for hydroxylation is 1. The van der Waals surface area contributed by atoms with Gasteiger partial charge in [0.25, 0.3) is 5.91 Å². The predicted octanol–water partition coefficient (Wildman–Crippen LogP) is 1.75. The molecule has 3 N–H and O–H groups in total. The second-order valence-corrected chi connectivity index (χ2v) is 5.43.